The number of hydrogen-bond donors (Lipinski definition) is 2. The molecule has 1 heterocycles. The highest BCUT2D eigenvalue weighted by molar-refractivity contribution is 5.99. The van der Waals surface area contributed by atoms with Gasteiger partial charge in [-0.05, 0) is 25.1 Å². The van der Waals surface area contributed by atoms with Gasteiger partial charge in [0.15, 0.2) is 5.78 Å². The maximum Gasteiger partial charge on any atom is 0.335 e. The molecule has 0 spiro atoms. The molecule has 1 aromatic rings. The fourth-order valence-electron chi connectivity index (χ4n) is 1.89. The van der Waals surface area contributed by atoms with Crippen molar-refractivity contribution < 1.29 is 14.7 Å². The van der Waals surface area contributed by atoms with E-state index < -0.39 is 5.97 Å². The fourth-order valence-corrected chi connectivity index (χ4v) is 1.89. The minimum atomic E-state index is -0.971. The van der Waals surface area contributed by atoms with E-state index in [0.29, 0.717) is 5.56 Å². The molecule has 1 saturated heterocycles. The summed E-state index contributed by atoms with van der Waals surface area (Å²) in [5.41, 5.74) is 0.805. The number of nitrogens with one attached hydrogen (secondary N) is 1. The molecule has 2 rings (SSSR count). The number of carboxylic acid groups (broad SMARTS) is 1. The van der Waals surface area contributed by atoms with Gasteiger partial charge in [-0.1, -0.05) is 12.1 Å². The largest absolute Gasteiger partial charge is 0.478 e. The Morgan fingerprint density at radius 1 is 1.19 bits per heavy atom. The Labute approximate surface area is 93.3 Å². The molecule has 0 radical (unpaired) electrons. The van der Waals surface area contributed by atoms with Gasteiger partial charge in [0.05, 0.1) is 5.56 Å². The van der Waals surface area contributed by atoms with Crippen molar-refractivity contribution in [2.75, 3.05) is 13.1 Å². The van der Waals surface area contributed by atoms with Crippen molar-refractivity contribution in [1.82, 2.24) is 5.32 Å². The summed E-state index contributed by atoms with van der Waals surface area (Å²) in [6, 6.07) is 6.12. The van der Waals surface area contributed by atoms with E-state index in [0.717, 1.165) is 19.5 Å². The number of carbonyl (C=O) groups excluding carboxylic acids is 1. The van der Waals surface area contributed by atoms with Crippen molar-refractivity contribution in [2.24, 2.45) is 5.92 Å². The second-order valence-electron chi connectivity index (χ2n) is 3.94. The maximum atomic E-state index is 11.9. The van der Waals surface area contributed by atoms with E-state index in [9.17, 15) is 9.59 Å². The third-order valence-electron chi connectivity index (χ3n) is 2.85. The topological polar surface area (TPSA) is 66.4 Å². The molecule has 0 amide bonds. The van der Waals surface area contributed by atoms with Crippen molar-refractivity contribution in [3.8, 4) is 0 Å². The SMILES string of the molecule is O=C(O)c1ccc(C(=O)C2CCNC2)cc1. The molecule has 1 aliphatic heterocycles. The summed E-state index contributed by atoms with van der Waals surface area (Å²) in [4.78, 5) is 22.6. The molecule has 1 atom stereocenters. The van der Waals surface area contributed by atoms with Gasteiger partial charge in [0.2, 0.25) is 0 Å². The molecule has 1 aromatic carbocycles. The Morgan fingerprint density at radius 2 is 1.81 bits per heavy atom. The van der Waals surface area contributed by atoms with Crippen LogP contribution >= 0.6 is 0 Å². The highest BCUT2D eigenvalue weighted by atomic mass is 16.4. The zero-order valence-electron chi connectivity index (χ0n) is 8.77. The number of ketones is 1. The second kappa shape index (κ2) is 4.45. The van der Waals surface area contributed by atoms with Gasteiger partial charge in [0.1, 0.15) is 0 Å². The van der Waals surface area contributed by atoms with Crippen molar-refractivity contribution in [2.45, 2.75) is 6.42 Å². The van der Waals surface area contributed by atoms with Gasteiger partial charge in [-0.2, -0.15) is 0 Å². The zero-order chi connectivity index (χ0) is 11.5. The van der Waals surface area contributed by atoms with E-state index >= 15 is 0 Å². The Hall–Kier alpha value is -1.68. The lowest BCUT2D eigenvalue weighted by atomic mass is 9.96. The number of hydrogen-bond acceptors (Lipinski definition) is 3. The average Bonchev–Trinajstić information content (AvgIpc) is 2.81. The van der Waals surface area contributed by atoms with E-state index in [1.165, 1.54) is 12.1 Å². The lowest BCUT2D eigenvalue weighted by molar-refractivity contribution is 0.0696. The summed E-state index contributed by atoms with van der Waals surface area (Å²) in [6.07, 6.45) is 0.861. The first kappa shape index (κ1) is 10.8. The van der Waals surface area contributed by atoms with Gasteiger partial charge in [0, 0.05) is 18.0 Å². The molecule has 84 valence electrons. The summed E-state index contributed by atoms with van der Waals surface area (Å²) in [5, 5.41) is 11.9. The van der Waals surface area contributed by atoms with Crippen LogP contribution in [0.2, 0.25) is 0 Å². The van der Waals surface area contributed by atoms with Crippen LogP contribution in [-0.4, -0.2) is 29.9 Å². The Kier molecular flexibility index (Phi) is 3.01. The predicted octanol–water partition coefficient (Wildman–Crippen LogP) is 1.18. The molecule has 1 aliphatic rings. The van der Waals surface area contributed by atoms with Gasteiger partial charge < -0.3 is 10.4 Å². The minimum absolute atomic E-state index is 0.0377. The number of carboxylic acids is 1. The summed E-state index contributed by atoms with van der Waals surface area (Å²) in [7, 11) is 0. The standard InChI is InChI=1S/C12H13NO3/c14-11(10-5-6-13-7-10)8-1-3-9(4-2-8)12(15)16/h1-4,10,13H,5-7H2,(H,15,16). The summed E-state index contributed by atoms with van der Waals surface area (Å²) in [5.74, 6) is -0.834. The Morgan fingerprint density at radius 3 is 2.31 bits per heavy atom. The summed E-state index contributed by atoms with van der Waals surface area (Å²) in [6.45, 7) is 1.60. The second-order valence-corrected chi connectivity index (χ2v) is 3.94. The molecule has 0 saturated carbocycles. The van der Waals surface area contributed by atoms with Crippen LogP contribution in [0.5, 0.6) is 0 Å². The molecule has 1 fully saturated rings. The van der Waals surface area contributed by atoms with E-state index in [-0.39, 0.29) is 17.3 Å². The fraction of sp³-hybridized carbons (Fsp3) is 0.333. The quantitative estimate of drug-likeness (QED) is 0.749. The van der Waals surface area contributed by atoms with E-state index in [1.54, 1.807) is 12.1 Å². The van der Waals surface area contributed by atoms with E-state index in [2.05, 4.69) is 5.32 Å². The van der Waals surface area contributed by atoms with Crippen LogP contribution in [-0.2, 0) is 0 Å². The third-order valence-corrected chi connectivity index (χ3v) is 2.85. The predicted molar refractivity (Wildman–Crippen MR) is 58.7 cm³/mol. The van der Waals surface area contributed by atoms with Gasteiger partial charge in [-0.25, -0.2) is 4.79 Å². The summed E-state index contributed by atoms with van der Waals surface area (Å²) < 4.78 is 0. The number of aromatic carboxylic acids is 1. The first-order valence-corrected chi connectivity index (χ1v) is 5.27. The summed E-state index contributed by atoms with van der Waals surface area (Å²) >= 11 is 0. The maximum absolute atomic E-state index is 11.9. The van der Waals surface area contributed by atoms with E-state index in [4.69, 9.17) is 5.11 Å². The third kappa shape index (κ3) is 2.12. The number of benzene rings is 1. The first-order chi connectivity index (χ1) is 7.68. The van der Waals surface area contributed by atoms with Crippen LogP contribution in [0.15, 0.2) is 24.3 Å². The lowest BCUT2D eigenvalue weighted by Crippen LogP contribution is -2.17. The molecule has 0 bridgehead atoms. The first-order valence-electron chi connectivity index (χ1n) is 5.27. The van der Waals surface area contributed by atoms with Crippen molar-refractivity contribution >= 4 is 11.8 Å². The number of Topliss-reactive ketones (excluding diaryl/α,β-unsaturated/α-hetero) is 1. The molecule has 4 heteroatoms. The Bertz CT molecular complexity index is 405. The van der Waals surface area contributed by atoms with E-state index in [1.807, 2.05) is 0 Å². The van der Waals surface area contributed by atoms with Gasteiger partial charge >= 0.3 is 5.97 Å². The average molecular weight is 219 g/mol. The zero-order valence-corrected chi connectivity index (χ0v) is 8.77. The molecule has 0 aromatic heterocycles. The smallest absolute Gasteiger partial charge is 0.335 e. The van der Waals surface area contributed by atoms with Crippen LogP contribution in [0, 0.1) is 5.92 Å². The molecular weight excluding hydrogens is 206 g/mol. The van der Waals surface area contributed by atoms with Crippen LogP contribution in [0.1, 0.15) is 27.1 Å². The molecule has 4 nitrogen and oxygen atoms in total. The highest BCUT2D eigenvalue weighted by Gasteiger charge is 2.23. The van der Waals surface area contributed by atoms with Crippen molar-refractivity contribution in [3.63, 3.8) is 0 Å². The molecule has 1 unspecified atom stereocenters. The normalized spacial score (nSPS) is 19.6. The molecule has 0 aliphatic carbocycles. The van der Waals surface area contributed by atoms with Crippen LogP contribution in [0.4, 0.5) is 0 Å². The van der Waals surface area contributed by atoms with Crippen LogP contribution in [0.3, 0.4) is 0 Å². The van der Waals surface area contributed by atoms with Crippen molar-refractivity contribution in [1.29, 1.82) is 0 Å². The molecule has 2 N–H and O–H groups in total. The lowest BCUT2D eigenvalue weighted by Gasteiger charge is -2.07. The molecular formula is C12H13NO3. The molecule has 16 heavy (non-hydrogen) atoms. The van der Waals surface area contributed by atoms with Gasteiger partial charge in [0.25, 0.3) is 0 Å². The van der Waals surface area contributed by atoms with Gasteiger partial charge in [-0.3, -0.25) is 4.79 Å². The van der Waals surface area contributed by atoms with Crippen LogP contribution < -0.4 is 5.32 Å². The number of carbonyl (C=O) groups is 2. The minimum Gasteiger partial charge on any atom is -0.478 e. The number of rotatable bonds is 3. The van der Waals surface area contributed by atoms with Gasteiger partial charge in [-0.15, -0.1) is 0 Å². The highest BCUT2D eigenvalue weighted by Crippen LogP contribution is 2.15. The van der Waals surface area contributed by atoms with Crippen LogP contribution in [0.25, 0.3) is 0 Å². The monoisotopic (exact) mass is 219 g/mol. The Balaban J connectivity index is 2.14. The van der Waals surface area contributed by atoms with Crippen molar-refractivity contribution in [3.05, 3.63) is 35.4 Å².